The van der Waals surface area contributed by atoms with Crippen LogP contribution in [0.5, 0.6) is 0 Å². The van der Waals surface area contributed by atoms with Gasteiger partial charge in [-0.05, 0) is 44.4 Å². The highest BCUT2D eigenvalue weighted by atomic mass is 16.5. The Bertz CT molecular complexity index is 837. The van der Waals surface area contributed by atoms with Crippen molar-refractivity contribution in [3.05, 3.63) is 0 Å². The van der Waals surface area contributed by atoms with E-state index in [9.17, 15) is 9.59 Å². The molecule has 0 aromatic heterocycles. The third-order valence-corrected chi connectivity index (χ3v) is 13.7. The van der Waals surface area contributed by atoms with Crippen molar-refractivity contribution in [2.24, 2.45) is 17.8 Å². The summed E-state index contributed by atoms with van der Waals surface area (Å²) in [5.41, 5.74) is 0. The van der Waals surface area contributed by atoms with E-state index in [0.29, 0.717) is 24.2 Å². The number of ketones is 1. The number of carbonyl (C=O) groups is 2. The van der Waals surface area contributed by atoms with E-state index >= 15 is 0 Å². The van der Waals surface area contributed by atoms with E-state index in [1.54, 1.807) is 0 Å². The normalized spacial score (nSPS) is 13.2. The van der Waals surface area contributed by atoms with E-state index < -0.39 is 0 Å². The molecule has 0 aliphatic carbocycles. The predicted molar refractivity (Wildman–Crippen MR) is 263 cm³/mol. The van der Waals surface area contributed by atoms with Crippen LogP contribution in [0.2, 0.25) is 0 Å². The lowest BCUT2D eigenvalue weighted by atomic mass is 9.85. The van der Waals surface area contributed by atoms with E-state index in [1.807, 2.05) is 0 Å². The molecule has 0 rings (SSSR count). The Hall–Kier alpha value is -0.860. The lowest BCUT2D eigenvalue weighted by Gasteiger charge is -2.23. The molecular formula is C56H110O3. The lowest BCUT2D eigenvalue weighted by Crippen LogP contribution is -2.25. The molecule has 59 heavy (non-hydrogen) atoms. The molecule has 0 aromatic rings. The van der Waals surface area contributed by atoms with E-state index in [2.05, 4.69) is 34.6 Å². The number of hydrogen-bond donors (Lipinski definition) is 0. The molecule has 0 saturated carbocycles. The molecule has 0 amide bonds. The maximum atomic E-state index is 13.3. The van der Waals surface area contributed by atoms with Gasteiger partial charge in [-0.1, -0.05) is 279 Å². The van der Waals surface area contributed by atoms with Gasteiger partial charge < -0.3 is 4.74 Å². The summed E-state index contributed by atoms with van der Waals surface area (Å²) in [6, 6.07) is 0. The van der Waals surface area contributed by atoms with Crippen LogP contribution in [-0.2, 0) is 14.3 Å². The fourth-order valence-corrected chi connectivity index (χ4v) is 9.40. The summed E-state index contributed by atoms with van der Waals surface area (Å²) in [5.74, 6) is 1.46. The molecule has 0 fully saturated rings. The predicted octanol–water partition coefficient (Wildman–Crippen LogP) is 19.6. The van der Waals surface area contributed by atoms with Crippen LogP contribution >= 0.6 is 0 Å². The molecule has 0 N–H and O–H groups in total. The van der Waals surface area contributed by atoms with Crippen molar-refractivity contribution >= 4 is 11.8 Å². The van der Waals surface area contributed by atoms with Crippen LogP contribution in [0.1, 0.15) is 324 Å². The standard InChI is InChI=1S/C56H110O3/c1-6-10-14-18-20-22-24-25-26-27-28-29-34-38-44-50-55(57)53(47-41-17-13-9-4)48-42-36-32-31-33-37-43-49-54(52(5)46-40-16-12-8-3)56(58)59-51-45-39-35-30-23-21-19-15-11-7-2/h52-54H,6-51H2,1-5H3. The third kappa shape index (κ3) is 40.9. The number of Topliss-reactive ketones (excluding diaryl/α,β-unsaturated/α-hetero) is 1. The summed E-state index contributed by atoms with van der Waals surface area (Å²) in [4.78, 5) is 26.6. The van der Waals surface area contributed by atoms with Crippen molar-refractivity contribution in [3.63, 3.8) is 0 Å². The SMILES string of the molecule is CCCCCCCCCCCCCCCCCC(=O)C(CCCCCC)CCCCCCCCCC(C(=O)OCCCCCCCCCCCC)C(C)CCCCCC. The number of hydrogen-bond acceptors (Lipinski definition) is 3. The van der Waals surface area contributed by atoms with Crippen LogP contribution in [0, 0.1) is 17.8 Å². The largest absolute Gasteiger partial charge is 0.465 e. The van der Waals surface area contributed by atoms with Crippen molar-refractivity contribution in [2.75, 3.05) is 6.61 Å². The molecule has 0 aliphatic rings. The summed E-state index contributed by atoms with van der Waals surface area (Å²) < 4.78 is 5.92. The van der Waals surface area contributed by atoms with Crippen LogP contribution in [0.25, 0.3) is 0 Å². The molecule has 0 radical (unpaired) electrons. The maximum absolute atomic E-state index is 13.3. The molecule has 3 nitrogen and oxygen atoms in total. The van der Waals surface area contributed by atoms with Gasteiger partial charge in [0.1, 0.15) is 5.78 Å². The molecule has 0 aliphatic heterocycles. The molecule has 352 valence electrons. The van der Waals surface area contributed by atoms with Crippen LogP contribution in [0.15, 0.2) is 0 Å². The highest BCUT2D eigenvalue weighted by molar-refractivity contribution is 5.80. The van der Waals surface area contributed by atoms with E-state index in [1.165, 1.54) is 238 Å². The van der Waals surface area contributed by atoms with Crippen molar-refractivity contribution in [1.29, 1.82) is 0 Å². The van der Waals surface area contributed by atoms with Gasteiger partial charge >= 0.3 is 5.97 Å². The van der Waals surface area contributed by atoms with Gasteiger partial charge in [0.2, 0.25) is 0 Å². The number of rotatable bonds is 50. The summed E-state index contributed by atoms with van der Waals surface area (Å²) in [5, 5.41) is 0. The summed E-state index contributed by atoms with van der Waals surface area (Å²) in [6.07, 6.45) is 57.8. The van der Waals surface area contributed by atoms with Crippen LogP contribution in [0.3, 0.4) is 0 Å². The Labute approximate surface area is 372 Å². The summed E-state index contributed by atoms with van der Waals surface area (Å²) >= 11 is 0. The molecule has 0 heterocycles. The second-order valence-corrected chi connectivity index (χ2v) is 19.5. The Balaban J connectivity index is 4.31. The van der Waals surface area contributed by atoms with E-state index in [-0.39, 0.29) is 11.9 Å². The maximum Gasteiger partial charge on any atom is 0.309 e. The van der Waals surface area contributed by atoms with Crippen molar-refractivity contribution in [2.45, 2.75) is 324 Å². The highest BCUT2D eigenvalue weighted by Gasteiger charge is 2.26. The minimum Gasteiger partial charge on any atom is -0.465 e. The number of ether oxygens (including phenoxy) is 1. The molecule has 3 unspecified atom stereocenters. The first-order valence-corrected chi connectivity index (χ1v) is 27.7. The molecule has 0 saturated heterocycles. The zero-order valence-electron chi connectivity index (χ0n) is 41.5. The molecular weight excluding hydrogens is 721 g/mol. The fourth-order valence-electron chi connectivity index (χ4n) is 9.40. The van der Waals surface area contributed by atoms with Gasteiger partial charge in [0, 0.05) is 12.3 Å². The summed E-state index contributed by atoms with van der Waals surface area (Å²) in [7, 11) is 0. The second-order valence-electron chi connectivity index (χ2n) is 19.5. The molecule has 3 atom stereocenters. The van der Waals surface area contributed by atoms with Gasteiger partial charge in [-0.25, -0.2) is 0 Å². The van der Waals surface area contributed by atoms with Gasteiger partial charge in [0.25, 0.3) is 0 Å². The van der Waals surface area contributed by atoms with E-state index in [4.69, 9.17) is 4.74 Å². The average Bonchev–Trinajstić information content (AvgIpc) is 3.24. The molecule has 0 aromatic carbocycles. The zero-order valence-corrected chi connectivity index (χ0v) is 41.5. The lowest BCUT2D eigenvalue weighted by molar-refractivity contribution is -0.151. The van der Waals surface area contributed by atoms with E-state index in [0.717, 1.165) is 51.4 Å². The smallest absolute Gasteiger partial charge is 0.309 e. The van der Waals surface area contributed by atoms with Crippen LogP contribution in [-0.4, -0.2) is 18.4 Å². The van der Waals surface area contributed by atoms with Crippen molar-refractivity contribution < 1.29 is 14.3 Å². The third-order valence-electron chi connectivity index (χ3n) is 13.7. The monoisotopic (exact) mass is 831 g/mol. The first kappa shape index (κ1) is 58.1. The van der Waals surface area contributed by atoms with Gasteiger partial charge in [-0.3, -0.25) is 9.59 Å². The molecule has 3 heteroatoms. The number of esters is 1. The Morgan fingerprint density at radius 1 is 0.339 bits per heavy atom. The topological polar surface area (TPSA) is 43.4 Å². The Kier molecular flexibility index (Phi) is 47.5. The zero-order chi connectivity index (χ0) is 43.1. The first-order valence-electron chi connectivity index (χ1n) is 27.7. The first-order chi connectivity index (χ1) is 29.0. The van der Waals surface area contributed by atoms with Gasteiger partial charge in [0.15, 0.2) is 0 Å². The Morgan fingerprint density at radius 3 is 1.02 bits per heavy atom. The Morgan fingerprint density at radius 2 is 0.627 bits per heavy atom. The number of unbranched alkanes of at least 4 members (excludes halogenated alkanes) is 35. The van der Waals surface area contributed by atoms with Crippen LogP contribution in [0.4, 0.5) is 0 Å². The second kappa shape index (κ2) is 48.2. The molecule has 0 bridgehead atoms. The van der Waals surface area contributed by atoms with Crippen molar-refractivity contribution in [3.8, 4) is 0 Å². The average molecular weight is 831 g/mol. The number of carbonyl (C=O) groups excluding carboxylic acids is 2. The quantitative estimate of drug-likeness (QED) is 0.0453. The van der Waals surface area contributed by atoms with Gasteiger partial charge in [0.05, 0.1) is 12.5 Å². The minimum absolute atomic E-state index is 0.0703. The highest BCUT2D eigenvalue weighted by Crippen LogP contribution is 2.27. The van der Waals surface area contributed by atoms with Gasteiger partial charge in [-0.15, -0.1) is 0 Å². The molecule has 0 spiro atoms. The summed E-state index contributed by atoms with van der Waals surface area (Å²) in [6.45, 7) is 12.0. The van der Waals surface area contributed by atoms with Crippen LogP contribution < -0.4 is 0 Å². The van der Waals surface area contributed by atoms with Gasteiger partial charge in [-0.2, -0.15) is 0 Å². The van der Waals surface area contributed by atoms with Crippen molar-refractivity contribution in [1.82, 2.24) is 0 Å². The minimum atomic E-state index is 0.0703. The fraction of sp³-hybridized carbons (Fsp3) is 0.964.